The van der Waals surface area contributed by atoms with Crippen molar-refractivity contribution < 1.29 is 0 Å². The molecule has 0 aromatic heterocycles. The van der Waals surface area contributed by atoms with E-state index in [9.17, 15) is 0 Å². The quantitative estimate of drug-likeness (QED) is 0.882. The Labute approximate surface area is 127 Å². The fourth-order valence-corrected chi connectivity index (χ4v) is 3.60. The first-order chi connectivity index (χ1) is 9.46. The molecule has 2 nitrogen and oxygen atoms in total. The zero-order chi connectivity index (χ0) is 14.6. The van der Waals surface area contributed by atoms with Crippen LogP contribution in [-0.4, -0.2) is 22.5 Å². The van der Waals surface area contributed by atoms with Gasteiger partial charge in [0.25, 0.3) is 0 Å². The average Bonchev–Trinajstić information content (AvgIpc) is 2.86. The van der Waals surface area contributed by atoms with Gasteiger partial charge in [-0.3, -0.25) is 4.99 Å². The van der Waals surface area contributed by atoms with E-state index in [1.165, 1.54) is 5.56 Å². The second-order valence-electron chi connectivity index (χ2n) is 6.55. The molecule has 0 bridgehead atoms. The molecule has 1 aromatic carbocycles. The maximum absolute atomic E-state index is 4.80. The molecule has 0 fully saturated rings. The van der Waals surface area contributed by atoms with Gasteiger partial charge >= 0.3 is 0 Å². The van der Waals surface area contributed by atoms with E-state index in [0.29, 0.717) is 12.0 Å². The Kier molecular flexibility index (Phi) is 5.14. The van der Waals surface area contributed by atoms with Crippen molar-refractivity contribution in [3.63, 3.8) is 0 Å². The van der Waals surface area contributed by atoms with E-state index >= 15 is 0 Å². The maximum atomic E-state index is 4.80. The third-order valence-corrected chi connectivity index (χ3v) is 4.76. The van der Waals surface area contributed by atoms with Gasteiger partial charge in [-0.1, -0.05) is 55.9 Å². The molecule has 1 aromatic rings. The fourth-order valence-electron chi connectivity index (χ4n) is 2.25. The Bertz CT molecular complexity index is 451. The van der Waals surface area contributed by atoms with Crippen LogP contribution in [0.1, 0.15) is 39.7 Å². The van der Waals surface area contributed by atoms with Crippen LogP contribution >= 0.6 is 11.8 Å². The minimum absolute atomic E-state index is 0.0908. The summed E-state index contributed by atoms with van der Waals surface area (Å²) in [7, 11) is 0. The number of nitrogens with zero attached hydrogens (tertiary/aromatic N) is 1. The van der Waals surface area contributed by atoms with Crippen molar-refractivity contribution in [2.75, 3.05) is 5.75 Å². The van der Waals surface area contributed by atoms with Crippen LogP contribution in [0.3, 0.4) is 0 Å². The first kappa shape index (κ1) is 15.4. The SMILES string of the molecule is CC(C)C1CSC(NC(C)(C)CCc2ccccc2)=N1. The smallest absolute Gasteiger partial charge is 0.157 e. The largest absolute Gasteiger partial charge is 0.360 e. The highest BCUT2D eigenvalue weighted by Crippen LogP contribution is 2.24. The minimum atomic E-state index is 0.0908. The van der Waals surface area contributed by atoms with Crippen LogP contribution in [0.4, 0.5) is 0 Å². The first-order valence-corrected chi connectivity index (χ1v) is 8.47. The zero-order valence-corrected chi connectivity index (χ0v) is 13.8. The normalized spacial score (nSPS) is 19.2. The lowest BCUT2D eigenvalue weighted by molar-refractivity contribution is 0.426. The van der Waals surface area contributed by atoms with Crippen LogP contribution < -0.4 is 5.32 Å². The summed E-state index contributed by atoms with van der Waals surface area (Å²) in [6.45, 7) is 9.03. The van der Waals surface area contributed by atoms with Crippen molar-refractivity contribution in [1.82, 2.24) is 5.32 Å². The Morgan fingerprint density at radius 3 is 2.60 bits per heavy atom. The van der Waals surface area contributed by atoms with Gasteiger partial charge < -0.3 is 5.32 Å². The lowest BCUT2D eigenvalue weighted by atomic mass is 9.95. The van der Waals surface area contributed by atoms with E-state index in [0.717, 1.165) is 23.8 Å². The summed E-state index contributed by atoms with van der Waals surface area (Å²) >= 11 is 1.87. The summed E-state index contributed by atoms with van der Waals surface area (Å²) in [6.07, 6.45) is 2.22. The van der Waals surface area contributed by atoms with Gasteiger partial charge in [0, 0.05) is 11.3 Å². The highest BCUT2D eigenvalue weighted by atomic mass is 32.2. The van der Waals surface area contributed by atoms with Gasteiger partial charge in [-0.15, -0.1) is 0 Å². The summed E-state index contributed by atoms with van der Waals surface area (Å²) in [5.74, 6) is 1.75. The molecule has 1 aliphatic rings. The summed E-state index contributed by atoms with van der Waals surface area (Å²) in [6, 6.07) is 11.2. The fraction of sp³-hybridized carbons (Fsp3) is 0.588. The van der Waals surface area contributed by atoms with E-state index in [1.54, 1.807) is 0 Å². The molecule has 1 unspecified atom stereocenters. The number of aliphatic imine (C=N–C) groups is 1. The number of rotatable bonds is 5. The number of nitrogens with one attached hydrogen (secondary N) is 1. The monoisotopic (exact) mass is 290 g/mol. The van der Waals surface area contributed by atoms with Crippen LogP contribution in [-0.2, 0) is 6.42 Å². The molecular formula is C17H26N2S. The van der Waals surface area contributed by atoms with Crippen molar-refractivity contribution >= 4 is 16.9 Å². The van der Waals surface area contributed by atoms with Crippen molar-refractivity contribution in [2.45, 2.75) is 52.1 Å². The summed E-state index contributed by atoms with van der Waals surface area (Å²) in [5.41, 5.74) is 1.50. The minimum Gasteiger partial charge on any atom is -0.360 e. The number of thioether (sulfide) groups is 1. The van der Waals surface area contributed by atoms with Crippen LogP contribution in [0, 0.1) is 5.92 Å². The molecule has 3 heteroatoms. The molecule has 0 spiro atoms. The molecule has 0 radical (unpaired) electrons. The summed E-state index contributed by atoms with van der Waals surface area (Å²) in [4.78, 5) is 4.80. The Balaban J connectivity index is 1.86. The second kappa shape index (κ2) is 6.66. The van der Waals surface area contributed by atoms with Gasteiger partial charge in [-0.25, -0.2) is 0 Å². The number of amidine groups is 1. The Hall–Kier alpha value is -0.960. The molecule has 110 valence electrons. The second-order valence-corrected chi connectivity index (χ2v) is 7.56. The van der Waals surface area contributed by atoms with Crippen LogP contribution in [0.25, 0.3) is 0 Å². The molecule has 1 aliphatic heterocycles. The van der Waals surface area contributed by atoms with E-state index < -0.39 is 0 Å². The van der Waals surface area contributed by atoms with E-state index in [2.05, 4.69) is 63.3 Å². The maximum Gasteiger partial charge on any atom is 0.157 e. The number of hydrogen-bond donors (Lipinski definition) is 1. The lowest BCUT2D eigenvalue weighted by Gasteiger charge is -2.27. The number of benzene rings is 1. The van der Waals surface area contributed by atoms with Crippen molar-refractivity contribution in [3.05, 3.63) is 35.9 Å². The standard InChI is InChI=1S/C17H26N2S/c1-13(2)15-12-20-16(18-15)19-17(3,4)11-10-14-8-6-5-7-9-14/h5-9,13,15H,10-12H2,1-4H3,(H,18,19). The average molecular weight is 290 g/mol. The van der Waals surface area contributed by atoms with Gasteiger partial charge in [0.2, 0.25) is 0 Å². The van der Waals surface area contributed by atoms with Gasteiger partial charge in [0.1, 0.15) is 0 Å². The van der Waals surface area contributed by atoms with E-state index in [1.807, 2.05) is 11.8 Å². The molecule has 1 N–H and O–H groups in total. The topological polar surface area (TPSA) is 24.4 Å². The molecular weight excluding hydrogens is 264 g/mol. The Morgan fingerprint density at radius 1 is 1.30 bits per heavy atom. The van der Waals surface area contributed by atoms with Crippen molar-refractivity contribution in [2.24, 2.45) is 10.9 Å². The van der Waals surface area contributed by atoms with Crippen LogP contribution in [0.5, 0.6) is 0 Å². The summed E-state index contributed by atoms with van der Waals surface area (Å²) < 4.78 is 0. The van der Waals surface area contributed by atoms with Gasteiger partial charge in [0.15, 0.2) is 5.17 Å². The van der Waals surface area contributed by atoms with Crippen LogP contribution in [0.2, 0.25) is 0 Å². The Morgan fingerprint density at radius 2 is 2.00 bits per heavy atom. The molecule has 0 saturated carbocycles. The molecule has 1 atom stereocenters. The highest BCUT2D eigenvalue weighted by Gasteiger charge is 2.25. The van der Waals surface area contributed by atoms with Gasteiger partial charge in [-0.2, -0.15) is 0 Å². The van der Waals surface area contributed by atoms with Gasteiger partial charge in [0.05, 0.1) is 6.04 Å². The van der Waals surface area contributed by atoms with E-state index in [4.69, 9.17) is 4.99 Å². The predicted octanol–water partition coefficient (Wildman–Crippen LogP) is 4.11. The number of hydrogen-bond acceptors (Lipinski definition) is 3. The lowest BCUT2D eigenvalue weighted by Crippen LogP contribution is -2.42. The molecule has 20 heavy (non-hydrogen) atoms. The molecule has 2 rings (SSSR count). The summed E-state index contributed by atoms with van der Waals surface area (Å²) in [5, 5.41) is 4.75. The predicted molar refractivity (Wildman–Crippen MR) is 90.5 cm³/mol. The molecule has 0 aliphatic carbocycles. The zero-order valence-electron chi connectivity index (χ0n) is 13.0. The molecule has 0 amide bonds. The van der Waals surface area contributed by atoms with E-state index in [-0.39, 0.29) is 5.54 Å². The molecule has 1 heterocycles. The number of aryl methyl sites for hydroxylation is 1. The third-order valence-electron chi connectivity index (χ3n) is 3.77. The van der Waals surface area contributed by atoms with Crippen LogP contribution in [0.15, 0.2) is 35.3 Å². The first-order valence-electron chi connectivity index (χ1n) is 7.49. The van der Waals surface area contributed by atoms with Gasteiger partial charge in [-0.05, 0) is 38.2 Å². The highest BCUT2D eigenvalue weighted by molar-refractivity contribution is 8.14. The van der Waals surface area contributed by atoms with Crippen molar-refractivity contribution in [3.8, 4) is 0 Å². The molecule has 0 saturated heterocycles. The van der Waals surface area contributed by atoms with Crippen molar-refractivity contribution in [1.29, 1.82) is 0 Å². The third kappa shape index (κ3) is 4.55.